The second kappa shape index (κ2) is 7.36. The molecule has 4 heteroatoms. The normalized spacial score (nSPS) is 12.1. The zero-order valence-corrected chi connectivity index (χ0v) is 12.0. The highest BCUT2D eigenvalue weighted by atomic mass is 35.5. The molecule has 0 spiro atoms. The first-order valence-electron chi connectivity index (χ1n) is 6.33. The lowest BCUT2D eigenvalue weighted by Crippen LogP contribution is -2.19. The van der Waals surface area contributed by atoms with E-state index in [-0.39, 0.29) is 36.0 Å². The number of nitrogens with two attached hydrogens (primary N) is 1. The van der Waals surface area contributed by atoms with Gasteiger partial charge in [0.1, 0.15) is 11.6 Å². The summed E-state index contributed by atoms with van der Waals surface area (Å²) in [5.74, 6) is -0.668. The van der Waals surface area contributed by atoms with E-state index in [2.05, 4.69) is 0 Å². The van der Waals surface area contributed by atoms with Crippen LogP contribution >= 0.6 is 12.4 Å². The lowest BCUT2D eigenvalue weighted by molar-refractivity contribution is 0.586. The molecule has 0 aliphatic rings. The van der Waals surface area contributed by atoms with Gasteiger partial charge in [0.25, 0.3) is 0 Å². The third-order valence-corrected chi connectivity index (χ3v) is 3.11. The van der Waals surface area contributed by atoms with Crippen LogP contribution in [0.5, 0.6) is 0 Å². The molecule has 0 saturated carbocycles. The van der Waals surface area contributed by atoms with E-state index in [1.54, 1.807) is 12.1 Å². The van der Waals surface area contributed by atoms with Gasteiger partial charge in [0.2, 0.25) is 0 Å². The molecule has 0 aromatic heterocycles. The molecule has 0 saturated heterocycles. The maximum atomic E-state index is 13.4. The summed E-state index contributed by atoms with van der Waals surface area (Å²) in [5.41, 5.74) is 7.50. The SMILES string of the molecule is C[C@H](N)CC(c1cccc(F)c1)c1cccc(F)c1.Cl. The molecule has 108 valence electrons. The second-order valence-electron chi connectivity index (χ2n) is 4.88. The predicted molar refractivity (Wildman–Crippen MR) is 80.2 cm³/mol. The summed E-state index contributed by atoms with van der Waals surface area (Å²) < 4.78 is 26.7. The van der Waals surface area contributed by atoms with Crippen molar-refractivity contribution in [2.24, 2.45) is 5.73 Å². The van der Waals surface area contributed by atoms with Crippen molar-refractivity contribution in [2.45, 2.75) is 25.3 Å². The van der Waals surface area contributed by atoms with Crippen LogP contribution in [0.3, 0.4) is 0 Å². The van der Waals surface area contributed by atoms with Crippen molar-refractivity contribution >= 4 is 12.4 Å². The Morgan fingerprint density at radius 2 is 1.40 bits per heavy atom. The van der Waals surface area contributed by atoms with Crippen molar-refractivity contribution in [3.63, 3.8) is 0 Å². The summed E-state index contributed by atoms with van der Waals surface area (Å²) in [4.78, 5) is 0. The lowest BCUT2D eigenvalue weighted by Gasteiger charge is -2.20. The van der Waals surface area contributed by atoms with Crippen LogP contribution in [0.25, 0.3) is 0 Å². The van der Waals surface area contributed by atoms with Gasteiger partial charge in [-0.1, -0.05) is 24.3 Å². The summed E-state index contributed by atoms with van der Waals surface area (Å²) in [6.45, 7) is 1.89. The van der Waals surface area contributed by atoms with Gasteiger partial charge < -0.3 is 5.73 Å². The van der Waals surface area contributed by atoms with Crippen molar-refractivity contribution in [3.05, 3.63) is 71.3 Å². The molecular weight excluding hydrogens is 280 g/mol. The van der Waals surface area contributed by atoms with Crippen LogP contribution in [0.1, 0.15) is 30.4 Å². The summed E-state index contributed by atoms with van der Waals surface area (Å²) in [7, 11) is 0. The van der Waals surface area contributed by atoms with Gasteiger partial charge in [-0.2, -0.15) is 0 Å². The fourth-order valence-corrected chi connectivity index (χ4v) is 2.28. The molecule has 0 unspecified atom stereocenters. The first-order valence-corrected chi connectivity index (χ1v) is 6.33. The van der Waals surface area contributed by atoms with Crippen LogP contribution in [0, 0.1) is 11.6 Å². The molecular formula is C16H18ClF2N. The van der Waals surface area contributed by atoms with Gasteiger partial charge in [0, 0.05) is 12.0 Å². The van der Waals surface area contributed by atoms with Gasteiger partial charge in [-0.3, -0.25) is 0 Å². The van der Waals surface area contributed by atoms with E-state index < -0.39 is 0 Å². The van der Waals surface area contributed by atoms with E-state index >= 15 is 0 Å². The van der Waals surface area contributed by atoms with Crippen molar-refractivity contribution < 1.29 is 8.78 Å². The van der Waals surface area contributed by atoms with E-state index in [4.69, 9.17) is 5.73 Å². The van der Waals surface area contributed by atoms with Gasteiger partial charge >= 0.3 is 0 Å². The van der Waals surface area contributed by atoms with Crippen molar-refractivity contribution in [1.29, 1.82) is 0 Å². The second-order valence-corrected chi connectivity index (χ2v) is 4.88. The van der Waals surface area contributed by atoms with Gasteiger partial charge in [-0.15, -0.1) is 12.4 Å². The van der Waals surface area contributed by atoms with E-state index in [1.165, 1.54) is 24.3 Å². The minimum absolute atomic E-state index is 0. The van der Waals surface area contributed by atoms with Gasteiger partial charge in [-0.25, -0.2) is 8.78 Å². The topological polar surface area (TPSA) is 26.0 Å². The highest BCUT2D eigenvalue weighted by molar-refractivity contribution is 5.85. The Morgan fingerprint density at radius 1 is 0.950 bits per heavy atom. The summed E-state index contributed by atoms with van der Waals surface area (Å²) in [6, 6.07) is 12.8. The zero-order chi connectivity index (χ0) is 13.8. The van der Waals surface area contributed by atoms with E-state index in [1.807, 2.05) is 19.1 Å². The zero-order valence-electron chi connectivity index (χ0n) is 11.2. The molecule has 2 aromatic rings. The molecule has 1 nitrogen and oxygen atoms in total. The minimum atomic E-state index is -0.288. The van der Waals surface area contributed by atoms with Gasteiger partial charge in [0.15, 0.2) is 0 Å². The fourth-order valence-electron chi connectivity index (χ4n) is 2.28. The van der Waals surface area contributed by atoms with Crippen LogP contribution in [0.15, 0.2) is 48.5 Å². The number of hydrogen-bond donors (Lipinski definition) is 1. The van der Waals surface area contributed by atoms with Crippen LogP contribution in [-0.2, 0) is 0 Å². The first kappa shape index (κ1) is 16.6. The molecule has 0 amide bonds. The molecule has 0 aliphatic heterocycles. The average molecular weight is 298 g/mol. The number of rotatable bonds is 4. The summed E-state index contributed by atoms with van der Waals surface area (Å²) in [5, 5.41) is 0. The Hall–Kier alpha value is -1.45. The first-order chi connectivity index (χ1) is 9.06. The quantitative estimate of drug-likeness (QED) is 0.897. The standard InChI is InChI=1S/C16H17F2N.ClH/c1-11(19)8-16(12-4-2-6-14(17)9-12)13-5-3-7-15(18)10-13;/h2-7,9-11,16H,8,19H2,1H3;1H/t11-;/m0./s1. The molecule has 0 aliphatic carbocycles. The molecule has 0 radical (unpaired) electrons. The monoisotopic (exact) mass is 297 g/mol. The van der Waals surface area contributed by atoms with Crippen molar-refractivity contribution in [3.8, 4) is 0 Å². The van der Waals surface area contributed by atoms with Crippen molar-refractivity contribution in [1.82, 2.24) is 0 Å². The summed E-state index contributed by atoms with van der Waals surface area (Å²) in [6.07, 6.45) is 0.646. The molecule has 2 N–H and O–H groups in total. The molecule has 2 aromatic carbocycles. The van der Waals surface area contributed by atoms with Crippen LogP contribution in [0.2, 0.25) is 0 Å². The lowest BCUT2D eigenvalue weighted by atomic mass is 9.86. The summed E-state index contributed by atoms with van der Waals surface area (Å²) >= 11 is 0. The molecule has 1 atom stereocenters. The van der Waals surface area contributed by atoms with Gasteiger partial charge in [0.05, 0.1) is 0 Å². The van der Waals surface area contributed by atoms with E-state index in [9.17, 15) is 8.78 Å². The van der Waals surface area contributed by atoms with Crippen LogP contribution in [-0.4, -0.2) is 6.04 Å². The Kier molecular flexibility index (Phi) is 6.11. The highest BCUT2D eigenvalue weighted by Crippen LogP contribution is 2.29. The predicted octanol–water partition coefficient (Wildman–Crippen LogP) is 4.26. The minimum Gasteiger partial charge on any atom is -0.328 e. The van der Waals surface area contributed by atoms with Crippen molar-refractivity contribution in [2.75, 3.05) is 0 Å². The Balaban J connectivity index is 0.00000200. The fraction of sp³-hybridized carbons (Fsp3) is 0.250. The van der Waals surface area contributed by atoms with Gasteiger partial charge in [-0.05, 0) is 48.7 Å². The third-order valence-electron chi connectivity index (χ3n) is 3.11. The van der Waals surface area contributed by atoms with E-state index in [0.29, 0.717) is 6.42 Å². The molecule has 0 fully saturated rings. The van der Waals surface area contributed by atoms with Crippen LogP contribution < -0.4 is 5.73 Å². The Morgan fingerprint density at radius 3 is 1.75 bits per heavy atom. The number of hydrogen-bond acceptors (Lipinski definition) is 1. The molecule has 0 heterocycles. The number of benzene rings is 2. The Labute approximate surface area is 124 Å². The Bertz CT molecular complexity index is 512. The average Bonchev–Trinajstić information content (AvgIpc) is 2.35. The molecule has 2 rings (SSSR count). The largest absolute Gasteiger partial charge is 0.328 e. The maximum absolute atomic E-state index is 13.4. The van der Waals surface area contributed by atoms with E-state index in [0.717, 1.165) is 11.1 Å². The molecule has 0 bridgehead atoms. The van der Waals surface area contributed by atoms with Crippen LogP contribution in [0.4, 0.5) is 8.78 Å². The highest BCUT2D eigenvalue weighted by Gasteiger charge is 2.17. The maximum Gasteiger partial charge on any atom is 0.123 e. The third kappa shape index (κ3) is 4.29. The smallest absolute Gasteiger partial charge is 0.123 e. The number of halogens is 3. The molecule has 20 heavy (non-hydrogen) atoms.